The second-order valence-electron chi connectivity index (χ2n) is 7.34. The molecule has 0 spiro atoms. The highest BCUT2D eigenvalue weighted by Crippen LogP contribution is 2.19. The van der Waals surface area contributed by atoms with E-state index >= 15 is 0 Å². The van der Waals surface area contributed by atoms with Crippen molar-refractivity contribution < 1.29 is 22.8 Å². The van der Waals surface area contributed by atoms with E-state index in [-0.39, 0.29) is 6.42 Å². The molecule has 0 aromatic rings. The summed E-state index contributed by atoms with van der Waals surface area (Å²) in [6.07, 6.45) is 12.3. The number of Topliss-reactive ketones (excluding diaryl/α,β-unsaturated/α-hetero) is 2. The van der Waals surface area contributed by atoms with Gasteiger partial charge in [-0.15, -0.1) is 0 Å². The molecule has 0 aliphatic heterocycles. The fourth-order valence-corrected chi connectivity index (χ4v) is 3.06. The van der Waals surface area contributed by atoms with Crippen LogP contribution in [-0.4, -0.2) is 17.7 Å². The molecular formula is C21H37F3O2. The molecule has 0 aliphatic rings. The molecule has 0 rings (SSSR count). The quantitative estimate of drug-likeness (QED) is 0.185. The lowest BCUT2D eigenvalue weighted by molar-refractivity contribution is -0.171. The number of hydrogen-bond donors (Lipinski definition) is 0. The van der Waals surface area contributed by atoms with Crippen molar-refractivity contribution in [3.8, 4) is 0 Å². The normalized spacial score (nSPS) is 11.7. The lowest BCUT2D eigenvalue weighted by Crippen LogP contribution is -2.25. The van der Waals surface area contributed by atoms with Crippen LogP contribution in [0.4, 0.5) is 13.2 Å². The molecule has 0 unspecified atom stereocenters. The largest absolute Gasteiger partial charge is 0.450 e. The Morgan fingerprint density at radius 1 is 0.615 bits per heavy atom. The van der Waals surface area contributed by atoms with E-state index < -0.39 is 24.2 Å². The smallest absolute Gasteiger partial charge is 0.299 e. The molecular weight excluding hydrogens is 341 g/mol. The van der Waals surface area contributed by atoms with Crippen molar-refractivity contribution in [2.24, 2.45) is 0 Å². The maximum Gasteiger partial charge on any atom is 0.450 e. The van der Waals surface area contributed by atoms with Gasteiger partial charge in [0.25, 0.3) is 0 Å². The Morgan fingerprint density at radius 2 is 0.962 bits per heavy atom. The van der Waals surface area contributed by atoms with E-state index in [9.17, 15) is 22.8 Å². The summed E-state index contributed by atoms with van der Waals surface area (Å²) in [6, 6.07) is 0. The Labute approximate surface area is 157 Å². The molecule has 2 nitrogen and oxygen atoms in total. The third-order valence-corrected chi connectivity index (χ3v) is 4.73. The first kappa shape index (κ1) is 25.1. The first-order valence-electron chi connectivity index (χ1n) is 10.5. The highest BCUT2D eigenvalue weighted by molar-refractivity contribution is 6.01. The third kappa shape index (κ3) is 16.6. The summed E-state index contributed by atoms with van der Waals surface area (Å²) in [5.41, 5.74) is 0. The van der Waals surface area contributed by atoms with Crippen LogP contribution in [0.5, 0.6) is 0 Å². The van der Waals surface area contributed by atoms with Gasteiger partial charge in [-0.3, -0.25) is 9.59 Å². The molecule has 0 N–H and O–H groups in total. The van der Waals surface area contributed by atoms with Crippen molar-refractivity contribution in [3.63, 3.8) is 0 Å². The molecule has 26 heavy (non-hydrogen) atoms. The van der Waals surface area contributed by atoms with Gasteiger partial charge in [-0.1, -0.05) is 96.8 Å². The molecule has 0 aliphatic carbocycles. The first-order chi connectivity index (χ1) is 12.4. The van der Waals surface area contributed by atoms with Crippen LogP contribution in [0.1, 0.15) is 116 Å². The highest BCUT2D eigenvalue weighted by atomic mass is 19.4. The molecule has 0 radical (unpaired) electrons. The van der Waals surface area contributed by atoms with Gasteiger partial charge in [0.2, 0.25) is 5.78 Å². The summed E-state index contributed by atoms with van der Waals surface area (Å²) >= 11 is 0. The van der Waals surface area contributed by atoms with Gasteiger partial charge in [0.15, 0.2) is 0 Å². The van der Waals surface area contributed by atoms with Gasteiger partial charge in [0, 0.05) is 6.42 Å². The van der Waals surface area contributed by atoms with Gasteiger partial charge in [0.1, 0.15) is 5.78 Å². The van der Waals surface area contributed by atoms with Crippen molar-refractivity contribution in [2.75, 3.05) is 0 Å². The van der Waals surface area contributed by atoms with Gasteiger partial charge >= 0.3 is 6.18 Å². The maximum absolute atomic E-state index is 12.0. The van der Waals surface area contributed by atoms with Crippen LogP contribution < -0.4 is 0 Å². The Morgan fingerprint density at radius 3 is 1.31 bits per heavy atom. The summed E-state index contributed by atoms with van der Waals surface area (Å²) in [4.78, 5) is 22.0. The molecule has 0 saturated heterocycles. The average molecular weight is 379 g/mol. The van der Waals surface area contributed by atoms with Gasteiger partial charge in [0.05, 0.1) is 6.42 Å². The minimum absolute atomic E-state index is 0.0834. The molecule has 154 valence electrons. The predicted molar refractivity (Wildman–Crippen MR) is 100 cm³/mol. The van der Waals surface area contributed by atoms with Gasteiger partial charge in [-0.05, 0) is 6.42 Å². The van der Waals surface area contributed by atoms with E-state index in [0.717, 1.165) is 19.3 Å². The molecule has 0 amide bonds. The van der Waals surface area contributed by atoms with E-state index in [1.165, 1.54) is 70.6 Å². The standard InChI is InChI=1S/C21H37F3O2/c1-2-3-4-5-6-7-8-9-10-11-12-13-14-15-16-17-19(25)18-20(26)21(22,23)24/h2-18H2,1H3. The number of unbranched alkanes of at least 4 members (excludes halogenated alkanes) is 14. The van der Waals surface area contributed by atoms with Gasteiger partial charge in [-0.2, -0.15) is 13.2 Å². The number of ketones is 2. The summed E-state index contributed by atoms with van der Waals surface area (Å²) in [7, 11) is 0. The Hall–Kier alpha value is -0.870. The van der Waals surface area contributed by atoms with Crippen LogP contribution in [0.15, 0.2) is 0 Å². The number of carbonyl (C=O) groups excluding carboxylic acids is 2. The maximum atomic E-state index is 12.0. The van der Waals surface area contributed by atoms with E-state index in [1.807, 2.05) is 0 Å². The van der Waals surface area contributed by atoms with Crippen molar-refractivity contribution >= 4 is 11.6 Å². The van der Waals surface area contributed by atoms with Crippen molar-refractivity contribution in [3.05, 3.63) is 0 Å². The summed E-state index contributed by atoms with van der Waals surface area (Å²) in [5, 5.41) is 0. The molecule has 0 bridgehead atoms. The Kier molecular flexibility index (Phi) is 15.8. The van der Waals surface area contributed by atoms with Crippen LogP contribution in [0, 0.1) is 0 Å². The second kappa shape index (κ2) is 16.3. The summed E-state index contributed by atoms with van der Waals surface area (Å²) < 4.78 is 36.1. The zero-order chi connectivity index (χ0) is 19.7. The molecule has 0 saturated carbocycles. The van der Waals surface area contributed by atoms with Crippen LogP contribution in [0.25, 0.3) is 0 Å². The molecule has 5 heteroatoms. The number of alkyl halides is 3. The number of rotatable bonds is 18. The minimum atomic E-state index is -4.88. The number of halogens is 3. The number of hydrogen-bond acceptors (Lipinski definition) is 2. The fourth-order valence-electron chi connectivity index (χ4n) is 3.06. The van der Waals surface area contributed by atoms with Crippen LogP contribution in [-0.2, 0) is 9.59 Å². The van der Waals surface area contributed by atoms with Crippen LogP contribution >= 0.6 is 0 Å². The molecule has 0 atom stereocenters. The average Bonchev–Trinajstić information content (AvgIpc) is 2.57. The van der Waals surface area contributed by atoms with E-state index in [1.54, 1.807) is 0 Å². The van der Waals surface area contributed by atoms with Crippen LogP contribution in [0.3, 0.4) is 0 Å². The molecule has 0 aromatic heterocycles. The number of carbonyl (C=O) groups is 2. The monoisotopic (exact) mass is 378 g/mol. The van der Waals surface area contributed by atoms with E-state index in [0.29, 0.717) is 6.42 Å². The second-order valence-corrected chi connectivity index (χ2v) is 7.34. The predicted octanol–water partition coefficient (Wildman–Crippen LogP) is 7.34. The summed E-state index contributed by atoms with van der Waals surface area (Å²) in [6.45, 7) is 2.24. The summed E-state index contributed by atoms with van der Waals surface area (Å²) in [5.74, 6) is -2.52. The molecule has 0 fully saturated rings. The van der Waals surface area contributed by atoms with Gasteiger partial charge in [-0.25, -0.2) is 0 Å². The van der Waals surface area contributed by atoms with Gasteiger partial charge < -0.3 is 0 Å². The SMILES string of the molecule is CCCCCCCCCCCCCCCCCC(=O)CC(=O)C(F)(F)F. The Balaban J connectivity index is 3.27. The zero-order valence-corrected chi connectivity index (χ0v) is 16.5. The highest BCUT2D eigenvalue weighted by Gasteiger charge is 2.38. The zero-order valence-electron chi connectivity index (χ0n) is 16.5. The first-order valence-corrected chi connectivity index (χ1v) is 10.5. The van der Waals surface area contributed by atoms with Crippen LogP contribution in [0.2, 0.25) is 0 Å². The van der Waals surface area contributed by atoms with Crippen molar-refractivity contribution in [1.82, 2.24) is 0 Å². The lowest BCUT2D eigenvalue weighted by atomic mass is 10.0. The third-order valence-electron chi connectivity index (χ3n) is 4.73. The van der Waals surface area contributed by atoms with Crippen molar-refractivity contribution in [1.29, 1.82) is 0 Å². The Bertz CT molecular complexity index is 365. The van der Waals surface area contributed by atoms with E-state index in [4.69, 9.17) is 0 Å². The van der Waals surface area contributed by atoms with E-state index in [2.05, 4.69) is 6.92 Å². The fraction of sp³-hybridized carbons (Fsp3) is 0.905. The molecule has 0 aromatic carbocycles. The van der Waals surface area contributed by atoms with Crippen molar-refractivity contribution in [2.45, 2.75) is 122 Å². The lowest BCUT2D eigenvalue weighted by Gasteiger charge is -2.05. The minimum Gasteiger partial charge on any atom is -0.299 e. The topological polar surface area (TPSA) is 34.1 Å². The molecule has 0 heterocycles.